The first-order valence-electron chi connectivity index (χ1n) is 5.44. The normalized spacial score (nSPS) is 11.9. The third-order valence-electron chi connectivity index (χ3n) is 2.36. The second-order valence-electron chi connectivity index (χ2n) is 3.80. The second kappa shape index (κ2) is 4.86. The van der Waals surface area contributed by atoms with E-state index in [1.165, 1.54) is 4.57 Å². The van der Waals surface area contributed by atoms with Gasteiger partial charge in [-0.1, -0.05) is 6.92 Å². The number of hydrogen-bond donors (Lipinski definition) is 1. The van der Waals surface area contributed by atoms with Gasteiger partial charge in [0.05, 0.1) is 0 Å². The maximum atomic E-state index is 11.4. The quantitative estimate of drug-likeness (QED) is 0.793. The lowest BCUT2D eigenvalue weighted by atomic mass is 10.4. The van der Waals surface area contributed by atoms with Crippen molar-refractivity contribution in [3.8, 4) is 0 Å². The van der Waals surface area contributed by atoms with E-state index < -0.39 is 10.0 Å². The van der Waals surface area contributed by atoms with Crippen LogP contribution >= 0.6 is 0 Å². The van der Waals surface area contributed by atoms with Gasteiger partial charge in [-0.3, -0.25) is 9.25 Å². The first-order valence-corrected chi connectivity index (χ1v) is 6.99. The molecule has 2 heterocycles. The van der Waals surface area contributed by atoms with E-state index >= 15 is 0 Å². The van der Waals surface area contributed by atoms with Crippen LogP contribution in [0.4, 0.5) is 0 Å². The van der Waals surface area contributed by atoms with Crippen molar-refractivity contribution in [1.82, 2.24) is 24.5 Å². The lowest BCUT2D eigenvalue weighted by Crippen LogP contribution is -2.20. The number of rotatable bonds is 5. The number of nitrogens with two attached hydrogens (primary N) is 1. The molecule has 0 amide bonds. The zero-order chi connectivity index (χ0) is 13.2. The smallest absolute Gasteiger partial charge is 0.273 e. The second-order valence-corrected chi connectivity index (χ2v) is 5.25. The van der Waals surface area contributed by atoms with Gasteiger partial charge in [0, 0.05) is 18.9 Å². The van der Waals surface area contributed by atoms with Gasteiger partial charge in [0.1, 0.15) is 6.54 Å². The van der Waals surface area contributed by atoms with Crippen LogP contribution in [0.5, 0.6) is 0 Å². The zero-order valence-electron chi connectivity index (χ0n) is 9.89. The van der Waals surface area contributed by atoms with E-state index in [-0.39, 0.29) is 5.16 Å². The average molecular weight is 270 g/mol. The van der Waals surface area contributed by atoms with Crippen LogP contribution in [-0.4, -0.2) is 33.0 Å². The van der Waals surface area contributed by atoms with E-state index in [4.69, 9.17) is 5.14 Å². The Labute approximate surface area is 104 Å². The van der Waals surface area contributed by atoms with Gasteiger partial charge in [0.25, 0.3) is 15.2 Å². The van der Waals surface area contributed by atoms with Gasteiger partial charge < -0.3 is 0 Å². The molecule has 2 aromatic rings. The van der Waals surface area contributed by atoms with Crippen molar-refractivity contribution in [2.75, 3.05) is 0 Å². The van der Waals surface area contributed by atoms with Gasteiger partial charge in [-0.15, -0.1) is 10.2 Å². The molecule has 2 N–H and O–H groups in total. The van der Waals surface area contributed by atoms with Crippen LogP contribution in [0.3, 0.4) is 0 Å². The Balaban J connectivity index is 2.39. The number of primary sulfonamides is 1. The number of nitrogens with zero attached hydrogens (tertiary/aromatic N) is 5. The van der Waals surface area contributed by atoms with Crippen LogP contribution in [0, 0.1) is 0 Å². The van der Waals surface area contributed by atoms with Gasteiger partial charge >= 0.3 is 0 Å². The fourth-order valence-electron chi connectivity index (χ4n) is 1.63. The highest BCUT2D eigenvalue weighted by Gasteiger charge is 2.20. The molecule has 98 valence electrons. The SMILES string of the molecule is CCCn1c(Cn2cccn2)nnc1S(N)(=O)=O. The Morgan fingerprint density at radius 1 is 1.39 bits per heavy atom. The van der Waals surface area contributed by atoms with Crippen molar-refractivity contribution in [3.05, 3.63) is 24.3 Å². The Bertz CT molecular complexity index is 616. The van der Waals surface area contributed by atoms with Crippen LogP contribution in [0.1, 0.15) is 19.2 Å². The molecule has 0 aliphatic rings. The van der Waals surface area contributed by atoms with E-state index in [0.717, 1.165) is 6.42 Å². The molecule has 2 aromatic heterocycles. The van der Waals surface area contributed by atoms with E-state index in [1.54, 1.807) is 23.1 Å². The highest BCUT2D eigenvalue weighted by Crippen LogP contribution is 2.09. The molecule has 0 saturated carbocycles. The van der Waals surface area contributed by atoms with Gasteiger partial charge in [-0.2, -0.15) is 5.10 Å². The highest BCUT2D eigenvalue weighted by molar-refractivity contribution is 7.89. The predicted molar refractivity (Wildman–Crippen MR) is 63.0 cm³/mol. The van der Waals surface area contributed by atoms with Crippen LogP contribution in [0.15, 0.2) is 23.6 Å². The fraction of sp³-hybridized carbons (Fsp3) is 0.444. The Morgan fingerprint density at radius 2 is 2.17 bits per heavy atom. The lowest BCUT2D eigenvalue weighted by Gasteiger charge is -2.07. The molecule has 0 aromatic carbocycles. The maximum absolute atomic E-state index is 11.4. The molecule has 2 rings (SSSR count). The van der Waals surface area contributed by atoms with E-state index in [9.17, 15) is 8.42 Å². The lowest BCUT2D eigenvalue weighted by molar-refractivity contribution is 0.533. The molecule has 0 aliphatic heterocycles. The minimum Gasteiger partial charge on any atom is -0.299 e. The summed E-state index contributed by atoms with van der Waals surface area (Å²) in [7, 11) is -3.85. The molecule has 8 nitrogen and oxygen atoms in total. The van der Waals surface area contributed by atoms with Crippen molar-refractivity contribution in [2.24, 2.45) is 5.14 Å². The summed E-state index contributed by atoms with van der Waals surface area (Å²) in [5.74, 6) is 0.518. The first kappa shape index (κ1) is 12.7. The van der Waals surface area contributed by atoms with E-state index in [1.807, 2.05) is 6.92 Å². The zero-order valence-corrected chi connectivity index (χ0v) is 10.7. The minimum absolute atomic E-state index is 0.202. The van der Waals surface area contributed by atoms with Crippen LogP contribution < -0.4 is 5.14 Å². The molecule has 18 heavy (non-hydrogen) atoms. The third kappa shape index (κ3) is 2.57. The number of hydrogen-bond acceptors (Lipinski definition) is 5. The molecule has 9 heteroatoms. The Morgan fingerprint density at radius 3 is 2.72 bits per heavy atom. The molecule has 0 aliphatic carbocycles. The third-order valence-corrected chi connectivity index (χ3v) is 3.17. The van der Waals surface area contributed by atoms with Crippen LogP contribution in [0.2, 0.25) is 0 Å². The predicted octanol–water partition coefficient (Wildman–Crippen LogP) is -0.420. The van der Waals surface area contributed by atoms with Crippen molar-refractivity contribution in [2.45, 2.75) is 31.6 Å². The minimum atomic E-state index is -3.85. The van der Waals surface area contributed by atoms with Crippen LogP contribution in [-0.2, 0) is 23.1 Å². The molecule has 0 bridgehead atoms. The highest BCUT2D eigenvalue weighted by atomic mass is 32.2. The molecule has 0 unspecified atom stereocenters. The maximum Gasteiger partial charge on any atom is 0.273 e. The molecule has 0 spiro atoms. The summed E-state index contributed by atoms with van der Waals surface area (Å²) in [5.41, 5.74) is 0. The summed E-state index contributed by atoms with van der Waals surface area (Å²) in [6, 6.07) is 1.78. The Hall–Kier alpha value is -1.74. The molecular weight excluding hydrogens is 256 g/mol. The molecule has 0 atom stereocenters. The number of aromatic nitrogens is 5. The van der Waals surface area contributed by atoms with Gasteiger partial charge in [0.2, 0.25) is 0 Å². The summed E-state index contributed by atoms with van der Waals surface area (Å²) < 4.78 is 25.9. The summed E-state index contributed by atoms with van der Waals surface area (Å²) >= 11 is 0. The summed E-state index contributed by atoms with van der Waals surface area (Å²) in [6.07, 6.45) is 4.16. The Kier molecular flexibility index (Phi) is 3.43. The molecule has 0 radical (unpaired) electrons. The molecule has 0 saturated heterocycles. The summed E-state index contributed by atoms with van der Waals surface area (Å²) in [6.45, 7) is 2.79. The fourth-order valence-corrected chi connectivity index (χ4v) is 2.29. The summed E-state index contributed by atoms with van der Waals surface area (Å²) in [4.78, 5) is 0. The standard InChI is InChI=1S/C9H14N6O2S/c1-2-5-15-8(7-14-6-3-4-11-14)12-13-9(15)18(10,16)17/h3-4,6H,2,5,7H2,1H3,(H2,10,16,17). The summed E-state index contributed by atoms with van der Waals surface area (Å²) in [5, 5.41) is 16.5. The largest absolute Gasteiger partial charge is 0.299 e. The van der Waals surface area contributed by atoms with Crippen LogP contribution in [0.25, 0.3) is 0 Å². The van der Waals surface area contributed by atoms with Crippen molar-refractivity contribution >= 4 is 10.0 Å². The van der Waals surface area contributed by atoms with Gasteiger partial charge in [-0.05, 0) is 12.5 Å². The van der Waals surface area contributed by atoms with Crippen molar-refractivity contribution in [3.63, 3.8) is 0 Å². The van der Waals surface area contributed by atoms with Crippen molar-refractivity contribution in [1.29, 1.82) is 0 Å². The van der Waals surface area contributed by atoms with Crippen molar-refractivity contribution < 1.29 is 8.42 Å². The molecular formula is C9H14N6O2S. The monoisotopic (exact) mass is 270 g/mol. The van der Waals surface area contributed by atoms with E-state index in [2.05, 4.69) is 15.3 Å². The van der Waals surface area contributed by atoms with Gasteiger partial charge in [-0.25, -0.2) is 13.6 Å². The number of sulfonamides is 1. The average Bonchev–Trinajstić information content (AvgIpc) is 2.89. The molecule has 0 fully saturated rings. The topological polar surface area (TPSA) is 109 Å². The van der Waals surface area contributed by atoms with E-state index in [0.29, 0.717) is 18.9 Å². The first-order chi connectivity index (χ1) is 8.52. The van der Waals surface area contributed by atoms with Gasteiger partial charge in [0.15, 0.2) is 5.82 Å².